The summed E-state index contributed by atoms with van der Waals surface area (Å²) in [5.41, 5.74) is -0.278. The number of piperidine rings is 1. The predicted octanol–water partition coefficient (Wildman–Crippen LogP) is 0.832. The quantitative estimate of drug-likeness (QED) is 0.442. The third-order valence-corrected chi connectivity index (χ3v) is 7.14. The molecule has 1 saturated heterocycles. The van der Waals surface area contributed by atoms with Gasteiger partial charge in [-0.3, -0.25) is 28.8 Å². The molecule has 0 saturated carbocycles. The Bertz CT molecular complexity index is 1230. The van der Waals surface area contributed by atoms with Gasteiger partial charge in [0.15, 0.2) is 5.82 Å². The van der Waals surface area contributed by atoms with Crippen molar-refractivity contribution in [2.45, 2.75) is 25.7 Å². The Morgan fingerprint density at radius 1 is 1.05 bits per heavy atom. The van der Waals surface area contributed by atoms with Crippen molar-refractivity contribution in [2.24, 2.45) is 12.5 Å². The normalized spacial score (nSPS) is 20.1. The van der Waals surface area contributed by atoms with Gasteiger partial charge in [0.05, 0.1) is 24.1 Å². The van der Waals surface area contributed by atoms with Gasteiger partial charge in [0, 0.05) is 32.4 Å². The van der Waals surface area contributed by atoms with Crippen molar-refractivity contribution in [2.75, 3.05) is 51.2 Å². The van der Waals surface area contributed by atoms with Gasteiger partial charge in [0.25, 0.3) is 5.91 Å². The summed E-state index contributed by atoms with van der Waals surface area (Å²) < 4.78 is 7.35. The molecule has 1 aromatic carbocycles. The molecule has 4 rings (SSSR count). The van der Waals surface area contributed by atoms with Gasteiger partial charge in [0.1, 0.15) is 12.4 Å². The second-order valence-electron chi connectivity index (χ2n) is 10.1. The second-order valence-corrected chi connectivity index (χ2v) is 10.1. The van der Waals surface area contributed by atoms with Crippen LogP contribution in [0.25, 0.3) is 0 Å². The Balaban J connectivity index is 1.36. The van der Waals surface area contributed by atoms with Crippen molar-refractivity contribution >= 4 is 29.4 Å². The first kappa shape index (κ1) is 28.8. The summed E-state index contributed by atoms with van der Waals surface area (Å²) in [4.78, 5) is 53.0. The van der Waals surface area contributed by atoms with E-state index in [0.29, 0.717) is 69.0 Å². The number of aromatic nitrogens is 2. The van der Waals surface area contributed by atoms with Crippen LogP contribution in [0.2, 0.25) is 0 Å². The number of likely N-dealkylation sites (tertiary alicyclic amines) is 1. The number of carbonyl (C=O) groups excluding carboxylic acids is 4. The van der Waals surface area contributed by atoms with Crippen LogP contribution in [0.5, 0.6) is 5.75 Å². The van der Waals surface area contributed by atoms with Gasteiger partial charge >= 0.3 is 0 Å². The zero-order valence-corrected chi connectivity index (χ0v) is 22.8. The van der Waals surface area contributed by atoms with Crippen LogP contribution in [0.1, 0.15) is 36.0 Å². The van der Waals surface area contributed by atoms with E-state index < -0.39 is 5.41 Å². The molecule has 4 N–H and O–H groups in total. The fourth-order valence-electron chi connectivity index (χ4n) is 4.87. The summed E-state index contributed by atoms with van der Waals surface area (Å²) in [6, 6.07) is 8.68. The zero-order chi connectivity index (χ0) is 28.4. The maximum atomic E-state index is 13.4. The molecule has 12 nitrogen and oxygen atoms in total. The molecule has 12 heteroatoms. The molecule has 2 aromatic rings. The molecule has 1 aromatic heterocycles. The zero-order valence-electron chi connectivity index (χ0n) is 22.8. The van der Waals surface area contributed by atoms with Crippen molar-refractivity contribution in [3.63, 3.8) is 0 Å². The number of amides is 4. The van der Waals surface area contributed by atoms with Crippen LogP contribution in [-0.4, -0.2) is 84.2 Å². The molecule has 0 atom stereocenters. The summed E-state index contributed by atoms with van der Waals surface area (Å²) >= 11 is 0. The van der Waals surface area contributed by atoms with Gasteiger partial charge in [-0.1, -0.05) is 18.2 Å². The van der Waals surface area contributed by atoms with Crippen LogP contribution >= 0.6 is 0 Å². The number of carbonyl (C=O) groups is 4. The van der Waals surface area contributed by atoms with Crippen LogP contribution in [0, 0.1) is 5.41 Å². The van der Waals surface area contributed by atoms with Gasteiger partial charge < -0.3 is 26.0 Å². The molecule has 1 fully saturated rings. The van der Waals surface area contributed by atoms with Crippen LogP contribution in [-0.2, 0) is 21.4 Å². The number of aryl methyl sites for hydroxylation is 1. The van der Waals surface area contributed by atoms with E-state index in [1.54, 1.807) is 54.3 Å². The van der Waals surface area contributed by atoms with Crippen LogP contribution in [0.15, 0.2) is 48.7 Å². The fourth-order valence-corrected chi connectivity index (χ4v) is 4.87. The van der Waals surface area contributed by atoms with Crippen molar-refractivity contribution in [1.29, 1.82) is 0 Å². The first-order valence-corrected chi connectivity index (χ1v) is 13.6. The van der Waals surface area contributed by atoms with E-state index in [0.717, 1.165) is 0 Å². The van der Waals surface area contributed by atoms with Crippen LogP contribution in [0.3, 0.4) is 0 Å². The Morgan fingerprint density at radius 3 is 2.60 bits per heavy atom. The smallest absolute Gasteiger partial charge is 0.255 e. The number of hydrogen-bond donors (Lipinski definition) is 4. The number of fused-ring (bicyclic) bond motifs is 1. The van der Waals surface area contributed by atoms with E-state index in [1.165, 1.54) is 6.08 Å². The number of para-hydroxylation sites is 1. The molecule has 3 heterocycles. The first-order valence-electron chi connectivity index (χ1n) is 13.6. The molecule has 4 amide bonds. The lowest BCUT2D eigenvalue weighted by Gasteiger charge is -2.40. The van der Waals surface area contributed by atoms with Gasteiger partial charge in [-0.15, -0.1) is 0 Å². The van der Waals surface area contributed by atoms with Gasteiger partial charge in [-0.2, -0.15) is 5.10 Å². The van der Waals surface area contributed by atoms with Gasteiger partial charge in [-0.05, 0) is 57.0 Å². The first-order chi connectivity index (χ1) is 19.3. The Hall–Kier alpha value is -4.19. The molecule has 2 aliphatic heterocycles. The molecular weight excluding hydrogens is 514 g/mol. The number of nitrogens with zero attached hydrogens (tertiary/aromatic N) is 3. The van der Waals surface area contributed by atoms with Crippen molar-refractivity contribution in [3.8, 4) is 5.75 Å². The standard InChI is InChI=1S/C28H37N7O5/c1-34-16-9-23(33-34)32-25(37)20-35-17-11-28(12-18-35)10-4-8-24(36)29-15-19-40-22-7-3-2-6-21(22)26(38)30-13-5-14-31-27(28)39/h2-4,6-9,16H,5,10-15,17-20H2,1H3,(H,29,36)(H,30,38)(H,31,39)(H,32,33,37)/b8-4+. The molecular formula is C28H37N7O5. The number of ether oxygens (including phenoxy) is 1. The van der Waals surface area contributed by atoms with E-state index >= 15 is 0 Å². The lowest BCUT2D eigenvalue weighted by molar-refractivity contribution is -0.134. The number of nitrogens with one attached hydrogen (secondary N) is 4. The average Bonchev–Trinajstić information content (AvgIpc) is 3.35. The minimum atomic E-state index is -0.693. The summed E-state index contributed by atoms with van der Waals surface area (Å²) in [6.45, 7) is 2.61. The highest BCUT2D eigenvalue weighted by Gasteiger charge is 2.40. The number of rotatable bonds is 3. The molecule has 0 aliphatic carbocycles. The van der Waals surface area contributed by atoms with Gasteiger partial charge in [-0.25, -0.2) is 0 Å². The SMILES string of the molecule is Cn1ccc(NC(=O)CN2CCC3(C/C=C/C(=O)NCCOc4ccccc4C(=O)NCCCNC3=O)CC2)n1. The Morgan fingerprint density at radius 2 is 1.82 bits per heavy atom. The molecule has 1 spiro atoms. The predicted molar refractivity (Wildman–Crippen MR) is 149 cm³/mol. The molecule has 2 aliphatic rings. The number of allylic oxidation sites excluding steroid dienone is 1. The van der Waals surface area contributed by atoms with Crippen molar-refractivity contribution in [3.05, 3.63) is 54.2 Å². The number of hydrogen-bond acceptors (Lipinski definition) is 7. The topological polar surface area (TPSA) is 147 Å². The fraction of sp³-hybridized carbons (Fsp3) is 0.464. The van der Waals surface area contributed by atoms with Crippen molar-refractivity contribution < 1.29 is 23.9 Å². The minimum absolute atomic E-state index is 0.0821. The maximum absolute atomic E-state index is 13.4. The number of anilines is 1. The van der Waals surface area contributed by atoms with Crippen LogP contribution in [0.4, 0.5) is 5.82 Å². The summed E-state index contributed by atoms with van der Waals surface area (Å²) in [6.07, 6.45) is 7.01. The summed E-state index contributed by atoms with van der Waals surface area (Å²) in [5.74, 6) is 0.164. The Labute approximate surface area is 233 Å². The Kier molecular flexibility index (Phi) is 9.90. The largest absolute Gasteiger partial charge is 0.491 e. The third kappa shape index (κ3) is 7.92. The maximum Gasteiger partial charge on any atom is 0.255 e. The highest BCUT2D eigenvalue weighted by Crippen LogP contribution is 2.36. The number of benzene rings is 1. The van der Waals surface area contributed by atoms with E-state index in [-0.39, 0.29) is 43.3 Å². The average molecular weight is 552 g/mol. The molecule has 0 bridgehead atoms. The van der Waals surface area contributed by atoms with E-state index in [4.69, 9.17) is 4.74 Å². The van der Waals surface area contributed by atoms with E-state index in [9.17, 15) is 19.2 Å². The minimum Gasteiger partial charge on any atom is -0.491 e. The summed E-state index contributed by atoms with van der Waals surface area (Å²) in [7, 11) is 1.78. The van der Waals surface area contributed by atoms with E-state index in [2.05, 4.69) is 26.4 Å². The van der Waals surface area contributed by atoms with Gasteiger partial charge in [0.2, 0.25) is 17.7 Å². The summed E-state index contributed by atoms with van der Waals surface area (Å²) in [5, 5.41) is 15.6. The monoisotopic (exact) mass is 551 g/mol. The van der Waals surface area contributed by atoms with E-state index in [1.807, 2.05) is 4.90 Å². The molecule has 0 unspecified atom stereocenters. The van der Waals surface area contributed by atoms with Crippen molar-refractivity contribution in [1.82, 2.24) is 30.6 Å². The van der Waals surface area contributed by atoms with Crippen LogP contribution < -0.4 is 26.0 Å². The molecule has 40 heavy (non-hydrogen) atoms. The highest BCUT2D eigenvalue weighted by atomic mass is 16.5. The highest BCUT2D eigenvalue weighted by molar-refractivity contribution is 5.97. The second kappa shape index (κ2) is 13.7. The molecule has 0 radical (unpaired) electrons. The third-order valence-electron chi connectivity index (χ3n) is 7.14. The lowest BCUT2D eigenvalue weighted by atomic mass is 9.74. The molecule has 214 valence electrons. The lowest BCUT2D eigenvalue weighted by Crippen LogP contribution is -2.50.